The highest BCUT2D eigenvalue weighted by atomic mass is 32.2. The molecule has 1 aliphatic rings. The van der Waals surface area contributed by atoms with Gasteiger partial charge in [-0.05, 0) is 38.0 Å². The van der Waals surface area contributed by atoms with Gasteiger partial charge in [-0.25, -0.2) is 8.42 Å². The third-order valence-electron chi connectivity index (χ3n) is 4.72. The van der Waals surface area contributed by atoms with Crippen LogP contribution in [0.15, 0.2) is 45.8 Å². The van der Waals surface area contributed by atoms with Crippen molar-refractivity contribution in [3.8, 4) is 11.6 Å². The zero-order chi connectivity index (χ0) is 20.6. The Bertz CT molecular complexity index is 1140. The minimum atomic E-state index is -3.78. The number of hydrogen-bond donors (Lipinski definition) is 1. The molecular formula is C18H20N6O4S. The quantitative estimate of drug-likeness (QED) is 0.669. The molecule has 3 aromatic rings. The van der Waals surface area contributed by atoms with Crippen LogP contribution in [0.1, 0.15) is 18.4 Å². The average Bonchev–Trinajstić information content (AvgIpc) is 3.42. The number of nitrogens with zero attached hydrogens (tertiary/aromatic N) is 5. The van der Waals surface area contributed by atoms with Gasteiger partial charge in [0.2, 0.25) is 15.9 Å². The van der Waals surface area contributed by atoms with Crippen LogP contribution in [0.25, 0.3) is 11.6 Å². The van der Waals surface area contributed by atoms with E-state index in [4.69, 9.17) is 4.42 Å². The number of carbonyl (C=O) groups excluding carboxylic acids is 1. The Morgan fingerprint density at radius 3 is 2.66 bits per heavy atom. The zero-order valence-electron chi connectivity index (χ0n) is 15.9. The molecule has 11 heteroatoms. The molecule has 1 aliphatic heterocycles. The molecule has 0 radical (unpaired) electrons. The number of aryl methyl sites for hydroxylation is 2. The first-order valence-corrected chi connectivity index (χ1v) is 10.5. The molecule has 1 N–H and O–H groups in total. The SMILES string of the molecule is Cc1ccc(S(=O)(=O)N2CCCC2C(=O)Nc2nnc(-c3ccn(C)n3)o2)cc1. The Balaban J connectivity index is 1.51. The molecule has 29 heavy (non-hydrogen) atoms. The predicted molar refractivity (Wildman–Crippen MR) is 103 cm³/mol. The van der Waals surface area contributed by atoms with E-state index in [0.717, 1.165) is 5.56 Å². The van der Waals surface area contributed by atoms with Gasteiger partial charge in [0.15, 0.2) is 0 Å². The molecule has 3 heterocycles. The molecule has 2 aromatic heterocycles. The maximum Gasteiger partial charge on any atom is 0.322 e. The largest absolute Gasteiger partial charge is 0.401 e. The van der Waals surface area contributed by atoms with Crippen molar-refractivity contribution in [2.24, 2.45) is 7.05 Å². The van der Waals surface area contributed by atoms with Crippen molar-refractivity contribution in [1.29, 1.82) is 0 Å². The summed E-state index contributed by atoms with van der Waals surface area (Å²) < 4.78 is 34.2. The predicted octanol–water partition coefficient (Wildman–Crippen LogP) is 1.57. The summed E-state index contributed by atoms with van der Waals surface area (Å²) in [4.78, 5) is 12.9. The van der Waals surface area contributed by atoms with Crippen LogP contribution in [-0.2, 0) is 21.9 Å². The summed E-state index contributed by atoms with van der Waals surface area (Å²) in [7, 11) is -2.03. The van der Waals surface area contributed by atoms with Gasteiger partial charge in [-0.3, -0.25) is 14.8 Å². The lowest BCUT2D eigenvalue weighted by Crippen LogP contribution is -2.43. The Kier molecular flexibility index (Phi) is 4.92. The van der Waals surface area contributed by atoms with Gasteiger partial charge in [-0.2, -0.15) is 9.40 Å². The molecule has 10 nitrogen and oxygen atoms in total. The lowest BCUT2D eigenvalue weighted by molar-refractivity contribution is -0.119. The third kappa shape index (κ3) is 3.78. The highest BCUT2D eigenvalue weighted by molar-refractivity contribution is 7.89. The molecule has 0 saturated carbocycles. The molecule has 4 rings (SSSR count). The topological polar surface area (TPSA) is 123 Å². The van der Waals surface area contributed by atoms with Crippen LogP contribution in [0.2, 0.25) is 0 Å². The summed E-state index contributed by atoms with van der Waals surface area (Å²) in [5.74, 6) is -0.342. The van der Waals surface area contributed by atoms with Gasteiger partial charge in [0, 0.05) is 19.8 Å². The van der Waals surface area contributed by atoms with Gasteiger partial charge in [0.1, 0.15) is 11.7 Å². The maximum atomic E-state index is 13.0. The Hall–Kier alpha value is -3.05. The lowest BCUT2D eigenvalue weighted by atomic mass is 10.2. The fraction of sp³-hybridized carbons (Fsp3) is 0.333. The van der Waals surface area contributed by atoms with Crippen LogP contribution >= 0.6 is 0 Å². The number of benzene rings is 1. The van der Waals surface area contributed by atoms with Crippen molar-refractivity contribution in [2.45, 2.75) is 30.7 Å². The molecule has 1 unspecified atom stereocenters. The van der Waals surface area contributed by atoms with Crippen molar-refractivity contribution < 1.29 is 17.6 Å². The maximum absolute atomic E-state index is 13.0. The normalized spacial score (nSPS) is 17.5. The Labute approximate surface area is 167 Å². The standard InChI is InChI=1S/C18H20N6O4S/c1-12-5-7-13(8-6-12)29(26,27)24-10-3-4-15(24)16(25)19-18-21-20-17(28-18)14-9-11-23(2)22-14/h5-9,11,15H,3-4,10H2,1-2H3,(H,19,21,25). The number of aromatic nitrogens is 4. The number of hydrogen-bond acceptors (Lipinski definition) is 7. The van der Waals surface area contributed by atoms with Gasteiger partial charge in [-0.1, -0.05) is 22.8 Å². The average molecular weight is 416 g/mol. The fourth-order valence-electron chi connectivity index (χ4n) is 3.23. The first-order valence-electron chi connectivity index (χ1n) is 9.07. The van der Waals surface area contributed by atoms with Crippen LogP contribution in [0, 0.1) is 6.92 Å². The van der Waals surface area contributed by atoms with E-state index in [0.29, 0.717) is 18.5 Å². The number of carbonyl (C=O) groups is 1. The van der Waals surface area contributed by atoms with E-state index < -0.39 is 22.0 Å². The van der Waals surface area contributed by atoms with E-state index in [2.05, 4.69) is 20.6 Å². The van der Waals surface area contributed by atoms with Gasteiger partial charge < -0.3 is 4.42 Å². The van der Waals surface area contributed by atoms with Gasteiger partial charge in [0.05, 0.1) is 4.90 Å². The summed E-state index contributed by atoms with van der Waals surface area (Å²) in [6, 6.07) is 7.32. The smallest absolute Gasteiger partial charge is 0.322 e. The van der Waals surface area contributed by atoms with E-state index in [1.165, 1.54) is 4.31 Å². The van der Waals surface area contributed by atoms with Crippen LogP contribution in [0.3, 0.4) is 0 Å². The summed E-state index contributed by atoms with van der Waals surface area (Å²) in [6.07, 6.45) is 2.73. The monoisotopic (exact) mass is 416 g/mol. The molecule has 1 aromatic carbocycles. The Morgan fingerprint density at radius 1 is 1.21 bits per heavy atom. The minimum absolute atomic E-state index is 0.102. The van der Waals surface area contributed by atoms with E-state index >= 15 is 0 Å². The summed E-state index contributed by atoms with van der Waals surface area (Å²) in [6.45, 7) is 2.16. The number of sulfonamides is 1. The van der Waals surface area contributed by atoms with E-state index in [1.807, 2.05) is 6.92 Å². The second-order valence-corrected chi connectivity index (χ2v) is 8.75. The molecule has 1 fully saturated rings. The van der Waals surface area contributed by atoms with Gasteiger partial charge >= 0.3 is 6.01 Å². The Morgan fingerprint density at radius 2 is 1.97 bits per heavy atom. The fourth-order valence-corrected chi connectivity index (χ4v) is 4.89. The molecule has 0 spiro atoms. The summed E-state index contributed by atoms with van der Waals surface area (Å²) in [5.41, 5.74) is 1.43. The number of amides is 1. The number of rotatable bonds is 5. The van der Waals surface area contributed by atoms with Crippen LogP contribution in [0.5, 0.6) is 0 Å². The molecule has 1 saturated heterocycles. The second kappa shape index (κ2) is 7.41. The van der Waals surface area contributed by atoms with Crippen molar-refractivity contribution in [3.63, 3.8) is 0 Å². The highest BCUT2D eigenvalue weighted by Gasteiger charge is 2.39. The first-order chi connectivity index (χ1) is 13.8. The van der Waals surface area contributed by atoms with Crippen molar-refractivity contribution in [3.05, 3.63) is 42.1 Å². The van der Waals surface area contributed by atoms with Crippen LogP contribution in [-0.4, -0.2) is 51.2 Å². The van der Waals surface area contributed by atoms with Crippen LogP contribution < -0.4 is 5.32 Å². The molecule has 1 atom stereocenters. The van der Waals surface area contributed by atoms with Gasteiger partial charge in [-0.15, -0.1) is 5.10 Å². The third-order valence-corrected chi connectivity index (χ3v) is 6.64. The van der Waals surface area contributed by atoms with Crippen molar-refractivity contribution >= 4 is 21.9 Å². The zero-order valence-corrected chi connectivity index (χ0v) is 16.8. The lowest BCUT2D eigenvalue weighted by Gasteiger charge is -2.22. The van der Waals surface area contributed by atoms with E-state index in [1.54, 1.807) is 48.3 Å². The van der Waals surface area contributed by atoms with E-state index in [-0.39, 0.29) is 23.3 Å². The molecule has 0 aliphatic carbocycles. The molecule has 0 bridgehead atoms. The van der Waals surface area contributed by atoms with Crippen molar-refractivity contribution in [1.82, 2.24) is 24.3 Å². The summed E-state index contributed by atoms with van der Waals surface area (Å²) in [5, 5.41) is 14.3. The summed E-state index contributed by atoms with van der Waals surface area (Å²) >= 11 is 0. The number of anilines is 1. The van der Waals surface area contributed by atoms with Gasteiger partial charge in [0.25, 0.3) is 5.89 Å². The highest BCUT2D eigenvalue weighted by Crippen LogP contribution is 2.27. The molecular weight excluding hydrogens is 396 g/mol. The van der Waals surface area contributed by atoms with Crippen molar-refractivity contribution in [2.75, 3.05) is 11.9 Å². The molecule has 152 valence electrons. The minimum Gasteiger partial charge on any atom is -0.401 e. The van der Waals surface area contributed by atoms with E-state index in [9.17, 15) is 13.2 Å². The van der Waals surface area contributed by atoms with Crippen LogP contribution in [0.4, 0.5) is 6.01 Å². The number of nitrogens with one attached hydrogen (secondary N) is 1. The molecule has 1 amide bonds. The first kappa shape index (κ1) is 19.3. The second-order valence-electron chi connectivity index (χ2n) is 6.86.